The largest absolute Gasteiger partial charge is 0.476 e. The summed E-state index contributed by atoms with van der Waals surface area (Å²) in [4.78, 5) is 13.2. The summed E-state index contributed by atoms with van der Waals surface area (Å²) in [7, 11) is -3.95. The third-order valence-corrected chi connectivity index (χ3v) is 9.04. The Labute approximate surface area is 213 Å². The second-order valence-electron chi connectivity index (χ2n) is 8.85. The van der Waals surface area contributed by atoms with E-state index in [2.05, 4.69) is 22.1 Å². The zero-order valence-corrected chi connectivity index (χ0v) is 22.0. The van der Waals surface area contributed by atoms with E-state index in [9.17, 15) is 13.2 Å². The van der Waals surface area contributed by atoms with Gasteiger partial charge in [0.2, 0.25) is 5.13 Å². The Morgan fingerprint density at radius 3 is 2.69 bits per heavy atom. The first-order chi connectivity index (χ1) is 16.6. The highest BCUT2D eigenvalue weighted by Gasteiger charge is 2.38. The Morgan fingerprint density at radius 2 is 2.00 bits per heavy atom. The summed E-state index contributed by atoms with van der Waals surface area (Å²) < 4.78 is 35.2. The molecule has 4 rings (SSSR count). The number of hydrogen-bond donors (Lipinski definition) is 1. The summed E-state index contributed by atoms with van der Waals surface area (Å²) in [5.74, 6) is 0.497. The highest BCUT2D eigenvalue weighted by atomic mass is 32.2. The summed E-state index contributed by atoms with van der Waals surface area (Å²) in [5.41, 5.74) is 1.16. The molecule has 11 heteroatoms. The smallest absolute Gasteiger partial charge is 0.269 e. The minimum atomic E-state index is -3.95. The minimum absolute atomic E-state index is 0.140. The van der Waals surface area contributed by atoms with Crippen molar-refractivity contribution < 1.29 is 17.9 Å². The lowest BCUT2D eigenvalue weighted by Gasteiger charge is -2.35. The number of nitrogens with zero attached hydrogens (tertiary/aromatic N) is 3. The van der Waals surface area contributed by atoms with E-state index in [1.54, 1.807) is 30.3 Å². The van der Waals surface area contributed by atoms with Crippen LogP contribution >= 0.6 is 23.1 Å². The van der Waals surface area contributed by atoms with E-state index >= 15 is 0 Å². The molecule has 1 aliphatic heterocycles. The fourth-order valence-electron chi connectivity index (χ4n) is 3.44. The van der Waals surface area contributed by atoms with Gasteiger partial charge >= 0.3 is 0 Å². The van der Waals surface area contributed by atoms with E-state index in [1.165, 1.54) is 39.5 Å². The van der Waals surface area contributed by atoms with Crippen LogP contribution in [0.5, 0.6) is 5.75 Å². The Bertz CT molecular complexity index is 1330. The van der Waals surface area contributed by atoms with Crippen molar-refractivity contribution in [2.24, 2.45) is 0 Å². The van der Waals surface area contributed by atoms with Gasteiger partial charge in [-0.2, -0.15) is 0 Å². The first kappa shape index (κ1) is 25.2. The number of nitrogens with one attached hydrogen (secondary N) is 1. The lowest BCUT2D eigenvalue weighted by atomic mass is 9.86. The number of amides is 1. The van der Waals surface area contributed by atoms with Crippen molar-refractivity contribution in [2.75, 3.05) is 21.9 Å². The van der Waals surface area contributed by atoms with Gasteiger partial charge in [-0.3, -0.25) is 14.4 Å². The molecule has 0 spiro atoms. The van der Waals surface area contributed by atoms with E-state index in [4.69, 9.17) is 4.74 Å². The number of rotatable bonds is 7. The number of ether oxygens (including phenoxy) is 1. The van der Waals surface area contributed by atoms with Gasteiger partial charge in [0.15, 0.2) is 10.4 Å². The second-order valence-corrected chi connectivity index (χ2v) is 13.0. The number of anilines is 2. The molecular formula is C24H26N4O4S3. The summed E-state index contributed by atoms with van der Waals surface area (Å²) in [5, 5.41) is 11.1. The second kappa shape index (κ2) is 10.00. The highest BCUT2D eigenvalue weighted by Crippen LogP contribution is 2.40. The summed E-state index contributed by atoms with van der Waals surface area (Å²) in [6.45, 7) is 9.64. The highest BCUT2D eigenvalue weighted by molar-refractivity contribution is 8.01. The molecule has 35 heavy (non-hydrogen) atoms. The molecule has 1 aromatic heterocycles. The molecule has 0 fully saturated rings. The predicted molar refractivity (Wildman–Crippen MR) is 140 cm³/mol. The van der Waals surface area contributed by atoms with E-state index in [1.807, 2.05) is 32.9 Å². The van der Waals surface area contributed by atoms with E-state index < -0.39 is 22.0 Å². The third-order valence-electron chi connectivity index (χ3n) is 5.28. The first-order valence-electron chi connectivity index (χ1n) is 10.9. The van der Waals surface area contributed by atoms with E-state index in [0.29, 0.717) is 26.7 Å². The molecule has 0 unspecified atom stereocenters. The van der Waals surface area contributed by atoms with Crippen LogP contribution in [0.25, 0.3) is 0 Å². The van der Waals surface area contributed by atoms with Crippen molar-refractivity contribution >= 4 is 49.8 Å². The summed E-state index contributed by atoms with van der Waals surface area (Å²) in [6.07, 6.45) is 0.680. The quantitative estimate of drug-likeness (QED) is 0.268. The van der Waals surface area contributed by atoms with Crippen LogP contribution in [0.1, 0.15) is 26.3 Å². The number of sulfonamides is 1. The zero-order valence-electron chi connectivity index (χ0n) is 19.6. The van der Waals surface area contributed by atoms with Crippen LogP contribution in [-0.4, -0.2) is 42.9 Å². The molecule has 0 radical (unpaired) electrons. The lowest BCUT2D eigenvalue weighted by molar-refractivity contribution is -0.122. The van der Waals surface area contributed by atoms with Crippen molar-refractivity contribution in [1.82, 2.24) is 10.2 Å². The molecule has 0 saturated carbocycles. The molecule has 0 bridgehead atoms. The Morgan fingerprint density at radius 1 is 1.26 bits per heavy atom. The summed E-state index contributed by atoms with van der Waals surface area (Å²) in [6, 6.07) is 13.6. The van der Waals surface area contributed by atoms with Crippen LogP contribution in [0.2, 0.25) is 0 Å². The van der Waals surface area contributed by atoms with E-state index in [-0.39, 0.29) is 16.9 Å². The average Bonchev–Trinajstić information content (AvgIpc) is 3.28. The van der Waals surface area contributed by atoms with Crippen molar-refractivity contribution in [3.8, 4) is 5.75 Å². The van der Waals surface area contributed by atoms with Gasteiger partial charge in [0.1, 0.15) is 5.75 Å². The zero-order chi connectivity index (χ0) is 25.2. The number of hydrogen-bond acceptors (Lipinski definition) is 8. The molecule has 3 aromatic rings. The molecule has 1 atom stereocenters. The number of carbonyl (C=O) groups is 1. The number of benzene rings is 2. The third kappa shape index (κ3) is 5.52. The van der Waals surface area contributed by atoms with Crippen LogP contribution in [0.15, 0.2) is 70.4 Å². The number of aromatic nitrogens is 2. The number of thioether (sulfide) groups is 1. The van der Waals surface area contributed by atoms with Crippen LogP contribution in [0, 0.1) is 0 Å². The normalized spacial score (nSPS) is 15.7. The van der Waals surface area contributed by atoms with Gasteiger partial charge in [-0.05, 0) is 35.2 Å². The van der Waals surface area contributed by atoms with Crippen LogP contribution in [0.4, 0.5) is 10.8 Å². The minimum Gasteiger partial charge on any atom is -0.476 e. The van der Waals surface area contributed by atoms with Crippen LogP contribution in [-0.2, 0) is 20.2 Å². The van der Waals surface area contributed by atoms with Gasteiger partial charge in [-0.15, -0.1) is 16.8 Å². The first-order valence-corrected chi connectivity index (χ1v) is 14.1. The molecule has 184 valence electrons. The molecule has 1 amide bonds. The van der Waals surface area contributed by atoms with Crippen molar-refractivity contribution in [3.05, 3.63) is 66.7 Å². The average molecular weight is 531 g/mol. The van der Waals surface area contributed by atoms with Crippen molar-refractivity contribution in [1.29, 1.82) is 0 Å². The molecule has 0 saturated heterocycles. The van der Waals surface area contributed by atoms with Gasteiger partial charge in [-0.1, -0.05) is 74.2 Å². The molecule has 2 aromatic carbocycles. The maximum absolute atomic E-state index is 13.6. The Kier molecular flexibility index (Phi) is 7.20. The Balaban J connectivity index is 1.67. The van der Waals surface area contributed by atoms with Crippen LogP contribution < -0.4 is 14.4 Å². The maximum atomic E-state index is 13.6. The van der Waals surface area contributed by atoms with Gasteiger partial charge < -0.3 is 4.74 Å². The fourth-order valence-corrected chi connectivity index (χ4v) is 6.44. The van der Waals surface area contributed by atoms with Gasteiger partial charge in [0.05, 0.1) is 17.1 Å². The van der Waals surface area contributed by atoms with E-state index in [0.717, 1.165) is 5.56 Å². The van der Waals surface area contributed by atoms with Crippen molar-refractivity contribution in [3.63, 3.8) is 0 Å². The molecular weight excluding hydrogens is 504 g/mol. The van der Waals surface area contributed by atoms with Crippen LogP contribution in [0.3, 0.4) is 0 Å². The van der Waals surface area contributed by atoms with Crippen molar-refractivity contribution in [2.45, 2.75) is 41.5 Å². The standard InChI is InChI=1S/C24H26N4O4S3/c1-5-13-33-23-27-26-22(34-23)25-21(29)20-15-28(35(30,31)17-9-7-6-8-10-17)18-14-16(24(2,3)4)11-12-19(18)32-20/h5-12,14,20H,1,13,15H2,2-4H3,(H,25,26,29)/t20-/m1/s1. The Hall–Kier alpha value is -2.89. The maximum Gasteiger partial charge on any atom is 0.269 e. The number of fused-ring (bicyclic) bond motifs is 1. The molecule has 2 heterocycles. The van der Waals surface area contributed by atoms with Gasteiger partial charge in [0.25, 0.3) is 15.9 Å². The predicted octanol–water partition coefficient (Wildman–Crippen LogP) is 4.71. The topological polar surface area (TPSA) is 101 Å². The molecule has 8 nitrogen and oxygen atoms in total. The SMILES string of the molecule is C=CCSc1nnc(NC(=O)[C@H]2CN(S(=O)(=O)c3ccccc3)c3cc(C(C)(C)C)ccc3O2)s1. The number of carbonyl (C=O) groups excluding carboxylic acids is 1. The molecule has 0 aliphatic carbocycles. The fraction of sp³-hybridized carbons (Fsp3) is 0.292. The monoisotopic (exact) mass is 530 g/mol. The molecule has 1 aliphatic rings. The van der Waals surface area contributed by atoms with Gasteiger partial charge in [-0.25, -0.2) is 8.42 Å². The van der Waals surface area contributed by atoms with Gasteiger partial charge in [0, 0.05) is 5.75 Å². The summed E-state index contributed by atoms with van der Waals surface area (Å²) >= 11 is 2.69. The lowest BCUT2D eigenvalue weighted by Crippen LogP contribution is -2.49. The molecule has 1 N–H and O–H groups in total.